The summed E-state index contributed by atoms with van der Waals surface area (Å²) < 4.78 is 33.5. The summed E-state index contributed by atoms with van der Waals surface area (Å²) in [5, 5.41) is 4.38. The lowest BCUT2D eigenvalue weighted by Crippen LogP contribution is -2.42. The van der Waals surface area contributed by atoms with Gasteiger partial charge in [-0.25, -0.2) is 13.2 Å². The van der Waals surface area contributed by atoms with Gasteiger partial charge in [-0.15, -0.1) is 0 Å². The van der Waals surface area contributed by atoms with Crippen LogP contribution in [0.1, 0.15) is 23.7 Å². The SMILES string of the molecule is COc1cc2ccccc2cc1C(=O)O[C@@H](C)C(=O)N[C@H]1CCS(=O)(=O)C1. The Hall–Kier alpha value is -2.61. The minimum atomic E-state index is -3.10. The number of amides is 1. The number of carbonyl (C=O) groups is 2. The third-order valence-electron chi connectivity index (χ3n) is 4.52. The molecule has 2 atom stereocenters. The molecule has 1 fully saturated rings. The van der Waals surface area contributed by atoms with Crippen LogP contribution in [0.5, 0.6) is 5.75 Å². The molecule has 0 radical (unpaired) electrons. The van der Waals surface area contributed by atoms with E-state index in [9.17, 15) is 18.0 Å². The van der Waals surface area contributed by atoms with Gasteiger partial charge in [0.05, 0.1) is 18.6 Å². The van der Waals surface area contributed by atoms with Gasteiger partial charge in [0.2, 0.25) is 0 Å². The summed E-state index contributed by atoms with van der Waals surface area (Å²) in [5.41, 5.74) is 0.222. The van der Waals surface area contributed by atoms with Gasteiger partial charge in [-0.2, -0.15) is 0 Å². The number of carbonyl (C=O) groups excluding carboxylic acids is 2. The highest BCUT2D eigenvalue weighted by Gasteiger charge is 2.31. The number of nitrogens with one attached hydrogen (secondary N) is 1. The largest absolute Gasteiger partial charge is 0.496 e. The summed E-state index contributed by atoms with van der Waals surface area (Å²) in [6.45, 7) is 1.45. The molecule has 1 aliphatic rings. The third kappa shape index (κ3) is 4.39. The first kappa shape index (κ1) is 19.2. The van der Waals surface area contributed by atoms with Crippen LogP contribution in [0.15, 0.2) is 36.4 Å². The van der Waals surface area contributed by atoms with Crippen LogP contribution in [0.2, 0.25) is 0 Å². The van der Waals surface area contributed by atoms with Crippen molar-refractivity contribution in [3.8, 4) is 5.75 Å². The van der Waals surface area contributed by atoms with E-state index in [1.54, 1.807) is 12.1 Å². The first-order valence-corrected chi connectivity index (χ1v) is 10.4. The van der Waals surface area contributed by atoms with Crippen molar-refractivity contribution in [1.82, 2.24) is 5.32 Å². The topological polar surface area (TPSA) is 98.8 Å². The maximum Gasteiger partial charge on any atom is 0.342 e. The summed E-state index contributed by atoms with van der Waals surface area (Å²) in [4.78, 5) is 24.8. The van der Waals surface area contributed by atoms with Crippen molar-refractivity contribution < 1.29 is 27.5 Å². The number of esters is 1. The highest BCUT2D eigenvalue weighted by Crippen LogP contribution is 2.27. The second kappa shape index (κ2) is 7.56. The molecule has 144 valence electrons. The van der Waals surface area contributed by atoms with Gasteiger partial charge in [0.25, 0.3) is 5.91 Å². The van der Waals surface area contributed by atoms with Crippen molar-refractivity contribution in [2.24, 2.45) is 0 Å². The summed E-state index contributed by atoms with van der Waals surface area (Å²) in [7, 11) is -1.65. The highest BCUT2D eigenvalue weighted by molar-refractivity contribution is 7.91. The number of sulfone groups is 1. The molecule has 7 nitrogen and oxygen atoms in total. The average molecular weight is 391 g/mol. The van der Waals surface area contributed by atoms with Crippen LogP contribution in [0.4, 0.5) is 0 Å². The summed E-state index contributed by atoms with van der Waals surface area (Å²) in [5.74, 6) is -0.879. The Morgan fingerprint density at radius 2 is 1.85 bits per heavy atom. The summed E-state index contributed by atoms with van der Waals surface area (Å²) >= 11 is 0. The molecule has 0 aliphatic carbocycles. The van der Waals surface area contributed by atoms with Gasteiger partial charge in [-0.1, -0.05) is 24.3 Å². The fourth-order valence-corrected chi connectivity index (χ4v) is 4.73. The van der Waals surface area contributed by atoms with E-state index in [1.165, 1.54) is 14.0 Å². The molecule has 1 amide bonds. The number of hydrogen-bond acceptors (Lipinski definition) is 6. The van der Waals surface area contributed by atoms with Gasteiger partial charge in [0.1, 0.15) is 11.3 Å². The van der Waals surface area contributed by atoms with Crippen LogP contribution < -0.4 is 10.1 Å². The van der Waals surface area contributed by atoms with E-state index in [1.807, 2.05) is 24.3 Å². The van der Waals surface area contributed by atoms with E-state index in [2.05, 4.69) is 5.32 Å². The van der Waals surface area contributed by atoms with Crippen molar-refractivity contribution in [3.63, 3.8) is 0 Å². The van der Waals surface area contributed by atoms with Crippen molar-refractivity contribution in [2.75, 3.05) is 18.6 Å². The monoisotopic (exact) mass is 391 g/mol. The highest BCUT2D eigenvalue weighted by atomic mass is 32.2. The zero-order valence-corrected chi connectivity index (χ0v) is 15.9. The molecule has 3 rings (SSSR count). The number of rotatable bonds is 5. The van der Waals surface area contributed by atoms with Crippen LogP contribution in [0, 0.1) is 0 Å². The van der Waals surface area contributed by atoms with Gasteiger partial charge < -0.3 is 14.8 Å². The van der Waals surface area contributed by atoms with E-state index in [-0.39, 0.29) is 17.1 Å². The maximum atomic E-state index is 12.5. The molecule has 8 heteroatoms. The van der Waals surface area contributed by atoms with E-state index >= 15 is 0 Å². The van der Waals surface area contributed by atoms with Gasteiger partial charge >= 0.3 is 5.97 Å². The van der Waals surface area contributed by atoms with Gasteiger partial charge in [-0.05, 0) is 36.2 Å². The fraction of sp³-hybridized carbons (Fsp3) is 0.368. The molecule has 1 saturated heterocycles. The number of fused-ring (bicyclic) bond motifs is 1. The van der Waals surface area contributed by atoms with E-state index in [0.717, 1.165) is 10.8 Å². The molecule has 0 aromatic heterocycles. The smallest absolute Gasteiger partial charge is 0.342 e. The molecule has 2 aromatic rings. The lowest BCUT2D eigenvalue weighted by atomic mass is 10.1. The van der Waals surface area contributed by atoms with Crippen molar-refractivity contribution in [1.29, 1.82) is 0 Å². The van der Waals surface area contributed by atoms with Gasteiger partial charge in [0.15, 0.2) is 15.9 Å². The predicted octanol–water partition coefficient (Wildman–Crippen LogP) is 1.70. The molecule has 1 heterocycles. The van der Waals surface area contributed by atoms with Crippen molar-refractivity contribution >= 4 is 32.5 Å². The Morgan fingerprint density at radius 3 is 2.44 bits per heavy atom. The first-order valence-electron chi connectivity index (χ1n) is 8.57. The second-order valence-electron chi connectivity index (χ2n) is 6.56. The Bertz CT molecular complexity index is 985. The zero-order chi connectivity index (χ0) is 19.6. The molecular weight excluding hydrogens is 370 g/mol. The number of benzene rings is 2. The lowest BCUT2D eigenvalue weighted by Gasteiger charge is -2.17. The minimum absolute atomic E-state index is 0.0560. The van der Waals surface area contributed by atoms with Crippen LogP contribution in [-0.2, 0) is 19.4 Å². The third-order valence-corrected chi connectivity index (χ3v) is 6.29. The number of hydrogen-bond donors (Lipinski definition) is 1. The van der Waals surface area contributed by atoms with Crippen LogP contribution >= 0.6 is 0 Å². The molecule has 1 aliphatic heterocycles. The maximum absolute atomic E-state index is 12.5. The van der Waals surface area contributed by atoms with Crippen LogP contribution in [-0.4, -0.2) is 51.1 Å². The van der Waals surface area contributed by atoms with E-state index < -0.39 is 33.9 Å². The van der Waals surface area contributed by atoms with Crippen molar-refractivity contribution in [2.45, 2.75) is 25.5 Å². The molecule has 0 spiro atoms. The Kier molecular flexibility index (Phi) is 5.36. The van der Waals surface area contributed by atoms with Gasteiger partial charge in [0, 0.05) is 6.04 Å². The lowest BCUT2D eigenvalue weighted by molar-refractivity contribution is -0.129. The van der Waals surface area contributed by atoms with Crippen LogP contribution in [0.3, 0.4) is 0 Å². The predicted molar refractivity (Wildman–Crippen MR) is 101 cm³/mol. The average Bonchev–Trinajstić information content (AvgIpc) is 2.98. The first-order chi connectivity index (χ1) is 12.8. The fourth-order valence-electron chi connectivity index (χ4n) is 3.05. The van der Waals surface area contributed by atoms with E-state index in [0.29, 0.717) is 12.2 Å². The number of ether oxygens (including phenoxy) is 2. The zero-order valence-electron chi connectivity index (χ0n) is 15.1. The quantitative estimate of drug-likeness (QED) is 0.779. The number of methoxy groups -OCH3 is 1. The molecule has 0 bridgehead atoms. The molecule has 27 heavy (non-hydrogen) atoms. The Balaban J connectivity index is 1.71. The molecule has 1 N–H and O–H groups in total. The summed E-state index contributed by atoms with van der Waals surface area (Å²) in [6, 6.07) is 10.5. The standard InChI is InChI=1S/C19H21NO6S/c1-12(18(21)20-15-7-8-27(23,24)11-15)26-19(22)16-9-13-5-3-4-6-14(13)10-17(16)25-2/h3-6,9-10,12,15H,7-8,11H2,1-2H3,(H,20,21)/t12-,15-/m0/s1. The summed E-state index contributed by atoms with van der Waals surface area (Å²) in [6.07, 6.45) is -0.690. The molecule has 0 unspecified atom stereocenters. The van der Waals surface area contributed by atoms with Crippen molar-refractivity contribution in [3.05, 3.63) is 42.0 Å². The van der Waals surface area contributed by atoms with Crippen LogP contribution in [0.25, 0.3) is 10.8 Å². The molecular formula is C19H21NO6S. The Morgan fingerprint density at radius 1 is 1.19 bits per heavy atom. The Labute approximate surface area is 157 Å². The molecule has 0 saturated carbocycles. The molecule has 2 aromatic carbocycles. The van der Waals surface area contributed by atoms with Gasteiger partial charge in [-0.3, -0.25) is 4.79 Å². The normalized spacial score (nSPS) is 19.4. The second-order valence-corrected chi connectivity index (χ2v) is 8.78. The van der Waals surface area contributed by atoms with E-state index in [4.69, 9.17) is 9.47 Å². The minimum Gasteiger partial charge on any atom is -0.496 e.